The first-order chi connectivity index (χ1) is 17.0. The maximum Gasteiger partial charge on any atom is 0.287 e. The summed E-state index contributed by atoms with van der Waals surface area (Å²) in [5, 5.41) is 12.1. The van der Waals surface area contributed by atoms with Gasteiger partial charge in [-0.3, -0.25) is 9.69 Å². The second-order valence-corrected chi connectivity index (χ2v) is 9.36. The molecule has 0 radical (unpaired) electrons. The fourth-order valence-corrected chi connectivity index (χ4v) is 4.48. The van der Waals surface area contributed by atoms with E-state index in [9.17, 15) is 4.79 Å². The number of benzene rings is 1. The Morgan fingerprint density at radius 3 is 2.77 bits per heavy atom. The number of nitrogens with one attached hydrogen (secondary N) is 1. The smallest absolute Gasteiger partial charge is 0.287 e. The van der Waals surface area contributed by atoms with Crippen LogP contribution in [0.2, 0.25) is 0 Å². The number of hydrogen-bond acceptors (Lipinski definition) is 7. The number of furan rings is 1. The summed E-state index contributed by atoms with van der Waals surface area (Å²) in [4.78, 5) is 15.4. The molecular weight excluding hydrogens is 446 g/mol. The molecule has 1 N–H and O–H groups in total. The van der Waals surface area contributed by atoms with Gasteiger partial charge in [-0.25, -0.2) is 0 Å². The van der Waals surface area contributed by atoms with Crippen molar-refractivity contribution in [2.24, 2.45) is 5.92 Å². The van der Waals surface area contributed by atoms with Gasteiger partial charge in [0.2, 0.25) is 0 Å². The summed E-state index contributed by atoms with van der Waals surface area (Å²) in [6.07, 6.45) is 1.56. The first kappa shape index (κ1) is 24.9. The van der Waals surface area contributed by atoms with Crippen molar-refractivity contribution >= 4 is 5.91 Å². The van der Waals surface area contributed by atoms with Crippen molar-refractivity contribution in [1.82, 2.24) is 25.0 Å². The van der Waals surface area contributed by atoms with E-state index in [1.54, 1.807) is 26.4 Å². The number of rotatable bonds is 10. The molecule has 9 heteroatoms. The summed E-state index contributed by atoms with van der Waals surface area (Å²) >= 11 is 0. The van der Waals surface area contributed by atoms with E-state index in [0.717, 1.165) is 56.4 Å². The number of aromatic nitrogens is 3. The highest BCUT2D eigenvalue weighted by atomic mass is 16.5. The van der Waals surface area contributed by atoms with Gasteiger partial charge in [0.1, 0.15) is 23.9 Å². The summed E-state index contributed by atoms with van der Waals surface area (Å²) in [7, 11) is 3.28. The predicted molar refractivity (Wildman–Crippen MR) is 131 cm³/mol. The number of methoxy groups -OCH3 is 2. The average molecular weight is 482 g/mol. The van der Waals surface area contributed by atoms with Crippen LogP contribution in [0.3, 0.4) is 0 Å². The van der Waals surface area contributed by atoms with Crippen molar-refractivity contribution in [3.8, 4) is 5.75 Å². The van der Waals surface area contributed by atoms with Gasteiger partial charge in [-0.2, -0.15) is 0 Å². The lowest BCUT2D eigenvalue weighted by atomic mass is 10.0. The molecule has 4 rings (SSSR count). The number of ether oxygens (including phenoxy) is 2. The maximum absolute atomic E-state index is 13.0. The molecule has 3 aromatic rings. The lowest BCUT2D eigenvalue weighted by molar-refractivity contribution is 0.0892. The van der Waals surface area contributed by atoms with E-state index >= 15 is 0 Å². The number of nitrogens with zero attached hydrogens (tertiary/aromatic N) is 4. The largest absolute Gasteiger partial charge is 0.497 e. The van der Waals surface area contributed by atoms with E-state index in [0.29, 0.717) is 18.3 Å². The highest BCUT2D eigenvalue weighted by Crippen LogP contribution is 2.24. The number of amides is 1. The van der Waals surface area contributed by atoms with Gasteiger partial charge in [0, 0.05) is 39.7 Å². The molecule has 0 saturated carbocycles. The molecule has 1 aliphatic heterocycles. The summed E-state index contributed by atoms with van der Waals surface area (Å²) in [5.41, 5.74) is 1.22. The topological polar surface area (TPSA) is 94.6 Å². The second kappa shape index (κ2) is 11.5. The Morgan fingerprint density at radius 2 is 2.00 bits per heavy atom. The molecule has 1 amide bonds. The van der Waals surface area contributed by atoms with Crippen molar-refractivity contribution in [3.05, 3.63) is 65.1 Å². The average Bonchev–Trinajstić information content (AvgIpc) is 3.43. The summed E-state index contributed by atoms with van der Waals surface area (Å²) < 4.78 is 18.3. The molecule has 9 nitrogen and oxygen atoms in total. The Labute approximate surface area is 206 Å². The van der Waals surface area contributed by atoms with Crippen molar-refractivity contribution in [1.29, 1.82) is 0 Å². The van der Waals surface area contributed by atoms with Crippen LogP contribution >= 0.6 is 0 Å². The lowest BCUT2D eigenvalue weighted by Gasteiger charge is -2.22. The molecule has 0 spiro atoms. The van der Waals surface area contributed by atoms with Gasteiger partial charge >= 0.3 is 0 Å². The van der Waals surface area contributed by atoms with Crippen LogP contribution in [0.4, 0.5) is 0 Å². The van der Waals surface area contributed by atoms with Crippen LogP contribution in [0.25, 0.3) is 0 Å². The zero-order chi connectivity index (χ0) is 24.8. The minimum Gasteiger partial charge on any atom is -0.497 e. The van der Waals surface area contributed by atoms with Gasteiger partial charge in [-0.15, -0.1) is 10.2 Å². The Kier molecular flexibility index (Phi) is 8.20. The highest BCUT2D eigenvalue weighted by Gasteiger charge is 2.27. The SMILES string of the molecule is COCc1ccc(C(=O)N[C@H](CC(C)C)c2nnc3n2CCN(Cc2cccc(OC)c2)CC3)o1. The van der Waals surface area contributed by atoms with Crippen molar-refractivity contribution in [2.45, 2.75) is 52.4 Å². The van der Waals surface area contributed by atoms with Crippen LogP contribution in [0.5, 0.6) is 5.75 Å². The first-order valence-electron chi connectivity index (χ1n) is 12.1. The molecule has 1 aliphatic rings. The van der Waals surface area contributed by atoms with Crippen molar-refractivity contribution < 1.29 is 18.7 Å². The molecule has 2 aromatic heterocycles. The van der Waals surface area contributed by atoms with Gasteiger partial charge < -0.3 is 23.8 Å². The zero-order valence-corrected chi connectivity index (χ0v) is 21.0. The molecule has 0 saturated heterocycles. The van der Waals surface area contributed by atoms with Crippen LogP contribution in [-0.4, -0.2) is 52.9 Å². The third kappa shape index (κ3) is 6.29. The minimum atomic E-state index is -0.261. The van der Waals surface area contributed by atoms with Gasteiger partial charge in [-0.05, 0) is 42.2 Å². The van der Waals surface area contributed by atoms with E-state index < -0.39 is 0 Å². The Morgan fingerprint density at radius 1 is 1.14 bits per heavy atom. The first-order valence-corrected chi connectivity index (χ1v) is 12.1. The van der Waals surface area contributed by atoms with Gasteiger partial charge in [-0.1, -0.05) is 26.0 Å². The monoisotopic (exact) mass is 481 g/mol. The Hall–Kier alpha value is -3.17. The van der Waals surface area contributed by atoms with Crippen LogP contribution in [0.15, 0.2) is 40.8 Å². The molecule has 35 heavy (non-hydrogen) atoms. The van der Waals surface area contributed by atoms with Gasteiger partial charge in [0.15, 0.2) is 11.6 Å². The third-order valence-corrected chi connectivity index (χ3v) is 6.18. The number of hydrogen-bond donors (Lipinski definition) is 1. The minimum absolute atomic E-state index is 0.260. The maximum atomic E-state index is 13.0. The van der Waals surface area contributed by atoms with E-state index in [1.165, 1.54) is 5.56 Å². The molecule has 1 aromatic carbocycles. The predicted octanol–water partition coefficient (Wildman–Crippen LogP) is 3.60. The summed E-state index contributed by atoms with van der Waals surface area (Å²) in [6.45, 7) is 7.98. The molecule has 3 heterocycles. The molecule has 1 atom stereocenters. The standard InChI is InChI=1S/C26H35N5O4/c1-18(2)14-22(27-26(32)23-9-8-21(35-23)17-33-3)25-29-28-24-10-11-30(12-13-31(24)25)16-19-6-5-7-20(15-19)34-4/h5-9,15,18,22H,10-14,16-17H2,1-4H3,(H,27,32)/t22-/m1/s1. The number of carbonyl (C=O) groups excluding carboxylic acids is 1. The van der Waals surface area contributed by atoms with Gasteiger partial charge in [0.25, 0.3) is 5.91 Å². The van der Waals surface area contributed by atoms with Crippen LogP contribution in [0, 0.1) is 5.92 Å². The van der Waals surface area contributed by atoms with Crippen LogP contribution in [0.1, 0.15) is 59.8 Å². The van der Waals surface area contributed by atoms with E-state index in [2.05, 4.69) is 51.0 Å². The fraction of sp³-hybridized carbons (Fsp3) is 0.500. The normalized spacial score (nSPS) is 15.0. The van der Waals surface area contributed by atoms with Crippen LogP contribution < -0.4 is 10.1 Å². The summed E-state index contributed by atoms with van der Waals surface area (Å²) in [5.74, 6) is 3.62. The van der Waals surface area contributed by atoms with E-state index in [4.69, 9.17) is 13.9 Å². The molecule has 188 valence electrons. The van der Waals surface area contributed by atoms with Gasteiger partial charge in [0.05, 0.1) is 13.2 Å². The fourth-order valence-electron chi connectivity index (χ4n) is 4.48. The van der Waals surface area contributed by atoms with Crippen molar-refractivity contribution in [2.75, 3.05) is 27.3 Å². The van der Waals surface area contributed by atoms with Crippen LogP contribution in [-0.2, 0) is 30.9 Å². The summed E-state index contributed by atoms with van der Waals surface area (Å²) in [6, 6.07) is 11.4. The lowest BCUT2D eigenvalue weighted by Crippen LogP contribution is -2.32. The molecule has 0 aliphatic carbocycles. The third-order valence-electron chi connectivity index (χ3n) is 6.18. The van der Waals surface area contributed by atoms with Crippen molar-refractivity contribution in [3.63, 3.8) is 0 Å². The second-order valence-electron chi connectivity index (χ2n) is 9.36. The Balaban J connectivity index is 1.47. The van der Waals surface area contributed by atoms with E-state index in [-0.39, 0.29) is 17.7 Å². The highest BCUT2D eigenvalue weighted by molar-refractivity contribution is 5.91. The molecule has 0 fully saturated rings. The van der Waals surface area contributed by atoms with E-state index in [1.807, 2.05) is 12.1 Å². The number of carbonyl (C=O) groups is 1. The quantitative estimate of drug-likeness (QED) is 0.473. The molecule has 0 unspecified atom stereocenters. The zero-order valence-electron chi connectivity index (χ0n) is 21.0. The number of fused-ring (bicyclic) bond motifs is 1. The molecule has 0 bridgehead atoms. The Bertz CT molecular complexity index is 1120. The molecular formula is C26H35N5O4.